The van der Waals surface area contributed by atoms with E-state index in [0.717, 1.165) is 11.3 Å². The quantitative estimate of drug-likeness (QED) is 0.703. The fourth-order valence-corrected chi connectivity index (χ4v) is 5.24. The molecule has 3 aromatic rings. The molecule has 1 atom stereocenters. The van der Waals surface area contributed by atoms with Gasteiger partial charge in [-0.25, -0.2) is 8.42 Å². The number of aromatic nitrogens is 1. The zero-order valence-electron chi connectivity index (χ0n) is 14.4. The maximum atomic E-state index is 13.4. The van der Waals surface area contributed by atoms with Gasteiger partial charge in [-0.15, -0.1) is 0 Å². The minimum absolute atomic E-state index is 0.131. The van der Waals surface area contributed by atoms with E-state index in [0.29, 0.717) is 17.7 Å². The van der Waals surface area contributed by atoms with Gasteiger partial charge in [0.05, 0.1) is 19.0 Å². The molecule has 0 spiro atoms. The van der Waals surface area contributed by atoms with Gasteiger partial charge in [0, 0.05) is 17.7 Å². The second kappa shape index (κ2) is 6.17. The van der Waals surface area contributed by atoms with Crippen LogP contribution in [0, 0.1) is 0 Å². The summed E-state index contributed by atoms with van der Waals surface area (Å²) in [5.74, 6) is 0.822. The summed E-state index contributed by atoms with van der Waals surface area (Å²) in [5, 5.41) is 3.68. The second-order valence-corrected chi connectivity index (χ2v) is 8.01. The van der Waals surface area contributed by atoms with Crippen molar-refractivity contribution in [3.8, 4) is 17.1 Å². The number of hydrogen-bond acceptors (Lipinski definition) is 5. The van der Waals surface area contributed by atoms with Crippen molar-refractivity contribution in [1.82, 2.24) is 5.16 Å². The standard InChI is InChI=1S/C19H18N2O4S/c1-13-11-14-5-3-4-6-16(14)21(13)26(22,23)19-8-7-15(12-18(19)24-2)17-9-10-20-25-17/h3-10,12-13H,11H2,1-2H3/t13-/m0/s1. The van der Waals surface area contributed by atoms with Gasteiger partial charge in [-0.2, -0.15) is 0 Å². The number of nitrogens with zero attached hydrogens (tertiary/aromatic N) is 2. The Hall–Kier alpha value is -2.80. The molecule has 1 aliphatic heterocycles. The minimum atomic E-state index is -3.77. The molecule has 1 aliphatic rings. The van der Waals surface area contributed by atoms with E-state index in [1.54, 1.807) is 24.3 Å². The molecule has 0 aliphatic carbocycles. The first-order chi connectivity index (χ1) is 12.5. The van der Waals surface area contributed by atoms with Crippen molar-refractivity contribution in [3.05, 3.63) is 60.3 Å². The summed E-state index contributed by atoms with van der Waals surface area (Å²) in [6.45, 7) is 1.91. The van der Waals surface area contributed by atoms with Crippen LogP contribution in [0.25, 0.3) is 11.3 Å². The highest BCUT2D eigenvalue weighted by Gasteiger charge is 2.37. The Morgan fingerprint density at radius 3 is 2.73 bits per heavy atom. The average Bonchev–Trinajstić information content (AvgIpc) is 3.28. The lowest BCUT2D eigenvalue weighted by atomic mass is 10.1. The molecule has 4 rings (SSSR count). The fraction of sp³-hybridized carbons (Fsp3) is 0.211. The van der Waals surface area contributed by atoms with Gasteiger partial charge in [0.25, 0.3) is 10.0 Å². The largest absolute Gasteiger partial charge is 0.495 e. The molecule has 0 N–H and O–H groups in total. The van der Waals surface area contributed by atoms with E-state index >= 15 is 0 Å². The Balaban J connectivity index is 1.82. The van der Waals surface area contributed by atoms with Gasteiger partial charge in [0.15, 0.2) is 5.76 Å². The summed E-state index contributed by atoms with van der Waals surface area (Å²) in [6, 6.07) is 14.0. The molecule has 0 saturated carbocycles. The van der Waals surface area contributed by atoms with Crippen molar-refractivity contribution in [1.29, 1.82) is 0 Å². The van der Waals surface area contributed by atoms with Crippen molar-refractivity contribution >= 4 is 15.7 Å². The Morgan fingerprint density at radius 2 is 2.00 bits per heavy atom. The van der Waals surface area contributed by atoms with Crippen LogP contribution in [0.2, 0.25) is 0 Å². The van der Waals surface area contributed by atoms with E-state index in [9.17, 15) is 8.42 Å². The molecule has 2 aromatic carbocycles. The van der Waals surface area contributed by atoms with E-state index < -0.39 is 10.0 Å². The third-order valence-electron chi connectivity index (χ3n) is 4.57. The van der Waals surface area contributed by atoms with Crippen molar-refractivity contribution < 1.29 is 17.7 Å². The first-order valence-electron chi connectivity index (χ1n) is 8.24. The molecule has 1 aromatic heterocycles. The number of methoxy groups -OCH3 is 1. The third kappa shape index (κ3) is 2.55. The van der Waals surface area contributed by atoms with Crippen LogP contribution in [0.3, 0.4) is 0 Å². The zero-order valence-corrected chi connectivity index (χ0v) is 15.2. The highest BCUT2D eigenvalue weighted by atomic mass is 32.2. The number of anilines is 1. The number of rotatable bonds is 4. The molecule has 2 heterocycles. The summed E-state index contributed by atoms with van der Waals surface area (Å²) in [7, 11) is -2.31. The summed E-state index contributed by atoms with van der Waals surface area (Å²) in [4.78, 5) is 0.131. The first-order valence-corrected chi connectivity index (χ1v) is 9.68. The number of hydrogen-bond donors (Lipinski definition) is 0. The molecule has 134 valence electrons. The van der Waals surface area contributed by atoms with Crippen LogP contribution >= 0.6 is 0 Å². The van der Waals surface area contributed by atoms with Gasteiger partial charge in [0.1, 0.15) is 10.6 Å². The molecule has 0 fully saturated rings. The van der Waals surface area contributed by atoms with Crippen LogP contribution in [-0.2, 0) is 16.4 Å². The fourth-order valence-electron chi connectivity index (χ4n) is 3.41. The van der Waals surface area contributed by atoms with Crippen LogP contribution in [-0.4, -0.2) is 26.7 Å². The number of sulfonamides is 1. The van der Waals surface area contributed by atoms with E-state index in [4.69, 9.17) is 9.26 Å². The van der Waals surface area contributed by atoms with Gasteiger partial charge >= 0.3 is 0 Å². The van der Waals surface area contributed by atoms with Gasteiger partial charge < -0.3 is 9.26 Å². The summed E-state index contributed by atoms with van der Waals surface area (Å²) < 4.78 is 38.8. The smallest absolute Gasteiger partial charge is 0.268 e. The second-order valence-electron chi connectivity index (χ2n) is 6.23. The van der Waals surface area contributed by atoms with Crippen molar-refractivity contribution in [2.75, 3.05) is 11.4 Å². The normalized spacial score (nSPS) is 16.5. The van der Waals surface area contributed by atoms with Gasteiger partial charge in [0.2, 0.25) is 0 Å². The highest BCUT2D eigenvalue weighted by molar-refractivity contribution is 7.93. The molecule has 0 amide bonds. The molecule has 26 heavy (non-hydrogen) atoms. The Morgan fingerprint density at radius 1 is 1.19 bits per heavy atom. The highest BCUT2D eigenvalue weighted by Crippen LogP contribution is 2.39. The van der Waals surface area contributed by atoms with Crippen LogP contribution in [0.1, 0.15) is 12.5 Å². The van der Waals surface area contributed by atoms with Crippen LogP contribution in [0.4, 0.5) is 5.69 Å². The first kappa shape index (κ1) is 16.7. The zero-order chi connectivity index (χ0) is 18.3. The Kier molecular flexibility index (Phi) is 3.96. The molecule has 6 nitrogen and oxygen atoms in total. The maximum absolute atomic E-state index is 13.4. The Bertz CT molecular complexity index is 1050. The summed E-state index contributed by atoms with van der Waals surface area (Å²) in [5.41, 5.74) is 2.45. The number of fused-ring (bicyclic) bond motifs is 1. The molecule has 0 bridgehead atoms. The predicted octanol–water partition coefficient (Wildman–Crippen LogP) is 3.49. The topological polar surface area (TPSA) is 72.6 Å². The maximum Gasteiger partial charge on any atom is 0.268 e. The Labute approximate surface area is 152 Å². The van der Waals surface area contributed by atoms with Crippen molar-refractivity contribution in [2.24, 2.45) is 0 Å². The lowest BCUT2D eigenvalue weighted by Crippen LogP contribution is -2.35. The van der Waals surface area contributed by atoms with Crippen LogP contribution < -0.4 is 9.04 Å². The molecule has 0 radical (unpaired) electrons. The third-order valence-corrected chi connectivity index (χ3v) is 6.54. The molecular formula is C19H18N2O4S. The summed E-state index contributed by atoms with van der Waals surface area (Å²) >= 11 is 0. The molecule has 0 unspecified atom stereocenters. The predicted molar refractivity (Wildman–Crippen MR) is 97.8 cm³/mol. The number of ether oxygens (including phenoxy) is 1. The molecule has 7 heteroatoms. The number of benzene rings is 2. The van der Waals surface area contributed by atoms with Crippen LogP contribution in [0.5, 0.6) is 5.75 Å². The number of para-hydroxylation sites is 1. The lowest BCUT2D eigenvalue weighted by Gasteiger charge is -2.25. The van der Waals surface area contributed by atoms with Gasteiger partial charge in [-0.3, -0.25) is 4.31 Å². The van der Waals surface area contributed by atoms with E-state index in [-0.39, 0.29) is 16.7 Å². The van der Waals surface area contributed by atoms with E-state index in [1.807, 2.05) is 31.2 Å². The van der Waals surface area contributed by atoms with Crippen molar-refractivity contribution in [2.45, 2.75) is 24.3 Å². The monoisotopic (exact) mass is 370 g/mol. The van der Waals surface area contributed by atoms with E-state index in [2.05, 4.69) is 5.16 Å². The van der Waals surface area contributed by atoms with Gasteiger partial charge in [-0.05, 0) is 43.2 Å². The van der Waals surface area contributed by atoms with Crippen molar-refractivity contribution in [3.63, 3.8) is 0 Å². The lowest BCUT2D eigenvalue weighted by molar-refractivity contribution is 0.401. The molecule has 0 saturated heterocycles. The SMILES string of the molecule is COc1cc(-c2ccno2)ccc1S(=O)(=O)N1c2ccccc2C[C@@H]1C. The van der Waals surface area contributed by atoms with E-state index in [1.165, 1.54) is 17.6 Å². The minimum Gasteiger partial charge on any atom is -0.495 e. The average molecular weight is 370 g/mol. The summed E-state index contributed by atoms with van der Waals surface area (Å²) in [6.07, 6.45) is 2.23. The van der Waals surface area contributed by atoms with Crippen LogP contribution in [0.15, 0.2) is 64.1 Å². The molecular weight excluding hydrogens is 352 g/mol. The van der Waals surface area contributed by atoms with Gasteiger partial charge in [-0.1, -0.05) is 23.4 Å².